The Labute approximate surface area is 137 Å². The first-order valence-corrected chi connectivity index (χ1v) is 8.34. The van der Waals surface area contributed by atoms with Gasteiger partial charge in [-0.1, -0.05) is 13.8 Å². The Balaban J connectivity index is 1.98. The maximum absolute atomic E-state index is 12.6. The van der Waals surface area contributed by atoms with Crippen LogP contribution in [0.1, 0.15) is 33.6 Å². The lowest BCUT2D eigenvalue weighted by Crippen LogP contribution is -2.57. The van der Waals surface area contributed by atoms with Gasteiger partial charge in [0.2, 0.25) is 0 Å². The van der Waals surface area contributed by atoms with Crippen LogP contribution in [0.15, 0.2) is 23.3 Å². The average Bonchev–Trinajstić information content (AvgIpc) is 2.77. The van der Waals surface area contributed by atoms with Crippen molar-refractivity contribution in [3.05, 3.63) is 18.3 Å². The van der Waals surface area contributed by atoms with E-state index in [0.29, 0.717) is 5.92 Å². The molecule has 3 rings (SSSR count). The fourth-order valence-electron chi connectivity index (χ4n) is 3.42. The summed E-state index contributed by atoms with van der Waals surface area (Å²) in [5, 5.41) is 6.75. The van der Waals surface area contributed by atoms with Gasteiger partial charge in [-0.15, -0.1) is 0 Å². The molecule has 1 aromatic rings. The molecule has 6 nitrogen and oxygen atoms in total. The van der Waals surface area contributed by atoms with Crippen molar-refractivity contribution in [2.45, 2.75) is 39.2 Å². The first-order valence-electron chi connectivity index (χ1n) is 8.34. The molecule has 23 heavy (non-hydrogen) atoms. The van der Waals surface area contributed by atoms with Crippen molar-refractivity contribution >= 4 is 23.2 Å². The predicted molar refractivity (Wildman–Crippen MR) is 93.4 cm³/mol. The average molecular weight is 315 g/mol. The second-order valence-corrected chi connectivity index (χ2v) is 6.74. The first kappa shape index (κ1) is 15.9. The van der Waals surface area contributed by atoms with Crippen LogP contribution in [0, 0.1) is 5.92 Å². The molecule has 1 spiro atoms. The van der Waals surface area contributed by atoms with Gasteiger partial charge in [-0.3, -0.25) is 4.90 Å². The molecule has 3 heterocycles. The van der Waals surface area contributed by atoms with Crippen LogP contribution >= 0.6 is 0 Å². The number of hydrogen-bond donors (Lipinski definition) is 2. The smallest absolute Gasteiger partial charge is 0.348 e. The molecule has 0 unspecified atom stereocenters. The van der Waals surface area contributed by atoms with Gasteiger partial charge in [0, 0.05) is 18.5 Å². The predicted octanol–water partition coefficient (Wildman–Crippen LogP) is 2.67. The molecule has 0 aromatic carbocycles. The summed E-state index contributed by atoms with van der Waals surface area (Å²) in [4.78, 5) is 23.2. The lowest BCUT2D eigenvalue weighted by atomic mass is 9.83. The minimum Gasteiger partial charge on any atom is -0.368 e. The largest absolute Gasteiger partial charge is 0.368 e. The molecule has 2 aliphatic rings. The minimum absolute atomic E-state index is 0.176. The monoisotopic (exact) mass is 315 g/mol. The molecular weight excluding hydrogens is 290 g/mol. The van der Waals surface area contributed by atoms with E-state index in [9.17, 15) is 4.79 Å². The molecule has 2 amide bonds. The Kier molecular flexibility index (Phi) is 4.35. The van der Waals surface area contributed by atoms with Crippen LogP contribution in [-0.2, 0) is 0 Å². The van der Waals surface area contributed by atoms with Gasteiger partial charge in [0.15, 0.2) is 0 Å². The molecule has 0 saturated carbocycles. The van der Waals surface area contributed by atoms with Crippen LogP contribution in [0.3, 0.4) is 0 Å². The number of nitrogens with zero attached hydrogens (tertiary/aromatic N) is 3. The maximum atomic E-state index is 12.6. The topological polar surface area (TPSA) is 69.6 Å². The van der Waals surface area contributed by atoms with E-state index in [1.807, 2.05) is 24.0 Å². The molecule has 1 saturated heterocycles. The molecule has 6 heteroatoms. The zero-order valence-corrected chi connectivity index (χ0v) is 14.1. The molecule has 2 aliphatic heterocycles. The zero-order chi connectivity index (χ0) is 16.4. The van der Waals surface area contributed by atoms with Gasteiger partial charge in [-0.2, -0.15) is 0 Å². The number of piperidine rings is 1. The number of urea groups is 1. The highest BCUT2D eigenvalue weighted by molar-refractivity contribution is 6.17. The standard InChI is InChI=1S/C17H25N5O/c1-12(2)11-20-15-14(5-4-8-19-15)22-16(23)21-13(3)17(22)6-9-18-10-7-17/h4-5,8,12,18H,6-7,9-11H2,1-3H3,(H,19,20). The van der Waals surface area contributed by atoms with Gasteiger partial charge >= 0.3 is 6.03 Å². The third kappa shape index (κ3) is 2.83. The summed E-state index contributed by atoms with van der Waals surface area (Å²) in [7, 11) is 0. The maximum Gasteiger partial charge on any atom is 0.348 e. The van der Waals surface area contributed by atoms with Gasteiger partial charge in [-0.25, -0.2) is 14.8 Å². The number of hydrogen-bond acceptors (Lipinski definition) is 4. The SMILES string of the molecule is CC1=NC(=O)N(c2cccnc2NCC(C)C)C12CCNCC2. The summed E-state index contributed by atoms with van der Waals surface area (Å²) in [6.45, 7) is 8.88. The zero-order valence-electron chi connectivity index (χ0n) is 14.1. The van der Waals surface area contributed by atoms with Crippen molar-refractivity contribution in [1.29, 1.82) is 0 Å². The van der Waals surface area contributed by atoms with Crippen molar-refractivity contribution in [1.82, 2.24) is 10.3 Å². The van der Waals surface area contributed by atoms with Crippen LogP contribution in [0.25, 0.3) is 0 Å². The second kappa shape index (κ2) is 6.28. The van der Waals surface area contributed by atoms with E-state index in [2.05, 4.69) is 34.5 Å². The van der Waals surface area contributed by atoms with Crippen molar-refractivity contribution in [2.24, 2.45) is 10.9 Å². The Morgan fingerprint density at radius 1 is 1.39 bits per heavy atom. The third-order valence-electron chi connectivity index (χ3n) is 4.69. The van der Waals surface area contributed by atoms with Gasteiger partial charge in [-0.05, 0) is 50.9 Å². The molecule has 1 aromatic heterocycles. The number of amides is 2. The van der Waals surface area contributed by atoms with E-state index in [4.69, 9.17) is 0 Å². The fourth-order valence-corrected chi connectivity index (χ4v) is 3.42. The molecule has 0 radical (unpaired) electrons. The highest BCUT2D eigenvalue weighted by Crippen LogP contribution is 2.40. The van der Waals surface area contributed by atoms with Crippen molar-refractivity contribution in [3.63, 3.8) is 0 Å². The minimum atomic E-state index is -0.306. The number of carbonyl (C=O) groups is 1. The van der Waals surface area contributed by atoms with E-state index in [-0.39, 0.29) is 11.6 Å². The van der Waals surface area contributed by atoms with Gasteiger partial charge in [0.05, 0.1) is 11.2 Å². The normalized spacial score (nSPS) is 20.3. The molecule has 124 valence electrons. The molecule has 2 N–H and O–H groups in total. The number of nitrogens with one attached hydrogen (secondary N) is 2. The number of anilines is 2. The van der Waals surface area contributed by atoms with Crippen LogP contribution in [0.5, 0.6) is 0 Å². The lowest BCUT2D eigenvalue weighted by Gasteiger charge is -2.42. The summed E-state index contributed by atoms with van der Waals surface area (Å²) in [6, 6.07) is 3.67. The summed E-state index contributed by atoms with van der Waals surface area (Å²) in [5.74, 6) is 1.27. The van der Waals surface area contributed by atoms with E-state index in [1.54, 1.807) is 6.20 Å². The third-order valence-corrected chi connectivity index (χ3v) is 4.69. The number of rotatable bonds is 4. The number of carbonyl (C=O) groups excluding carboxylic acids is 1. The Bertz CT molecular complexity index is 619. The fraction of sp³-hybridized carbons (Fsp3) is 0.588. The first-order chi connectivity index (χ1) is 11.0. The van der Waals surface area contributed by atoms with Crippen molar-refractivity contribution in [3.8, 4) is 0 Å². The lowest BCUT2D eigenvalue weighted by molar-refractivity contribution is 0.250. The highest BCUT2D eigenvalue weighted by Gasteiger charge is 2.49. The molecule has 0 atom stereocenters. The Morgan fingerprint density at radius 2 is 2.13 bits per heavy atom. The van der Waals surface area contributed by atoms with Gasteiger partial charge < -0.3 is 10.6 Å². The van der Waals surface area contributed by atoms with Crippen molar-refractivity contribution < 1.29 is 4.79 Å². The molecule has 1 fully saturated rings. The van der Waals surface area contributed by atoms with Gasteiger partial charge in [0.1, 0.15) is 5.82 Å². The van der Waals surface area contributed by atoms with E-state index >= 15 is 0 Å². The van der Waals surface area contributed by atoms with Gasteiger partial charge in [0.25, 0.3) is 0 Å². The van der Waals surface area contributed by atoms with E-state index in [0.717, 1.165) is 49.7 Å². The second-order valence-electron chi connectivity index (χ2n) is 6.74. The summed E-state index contributed by atoms with van der Waals surface area (Å²) >= 11 is 0. The van der Waals surface area contributed by atoms with E-state index in [1.165, 1.54) is 0 Å². The quantitative estimate of drug-likeness (QED) is 0.896. The Hall–Kier alpha value is -1.95. The molecule has 0 bridgehead atoms. The van der Waals surface area contributed by atoms with Crippen molar-refractivity contribution in [2.75, 3.05) is 29.9 Å². The molecule has 0 aliphatic carbocycles. The van der Waals surface area contributed by atoms with Crippen LogP contribution in [-0.4, -0.2) is 41.9 Å². The van der Waals surface area contributed by atoms with Crippen LogP contribution in [0.4, 0.5) is 16.3 Å². The van der Waals surface area contributed by atoms with Crippen LogP contribution in [0.2, 0.25) is 0 Å². The highest BCUT2D eigenvalue weighted by atomic mass is 16.2. The summed E-state index contributed by atoms with van der Waals surface area (Å²) < 4.78 is 0. The van der Waals surface area contributed by atoms with E-state index < -0.39 is 0 Å². The number of aromatic nitrogens is 1. The van der Waals surface area contributed by atoms with Crippen LogP contribution < -0.4 is 15.5 Å². The summed E-state index contributed by atoms with van der Waals surface area (Å²) in [5.41, 5.74) is 1.45. The number of pyridine rings is 1. The number of aliphatic imine (C=N–C) groups is 1. The Morgan fingerprint density at radius 3 is 2.83 bits per heavy atom. The molecular formula is C17H25N5O. The summed E-state index contributed by atoms with van der Waals surface area (Å²) in [6.07, 6.45) is 3.52.